The van der Waals surface area contributed by atoms with Crippen molar-refractivity contribution in [3.05, 3.63) is 87.2 Å². The van der Waals surface area contributed by atoms with Crippen molar-refractivity contribution >= 4 is 46.3 Å². The van der Waals surface area contributed by atoms with Crippen molar-refractivity contribution in [1.82, 2.24) is 0 Å². The Labute approximate surface area is 222 Å². The molecule has 1 aliphatic rings. The van der Waals surface area contributed by atoms with E-state index in [1.54, 1.807) is 13.8 Å². The number of rotatable bonds is 7. The van der Waals surface area contributed by atoms with Crippen LogP contribution in [-0.2, 0) is 9.59 Å². The summed E-state index contributed by atoms with van der Waals surface area (Å²) in [6.07, 6.45) is 0. The Morgan fingerprint density at radius 3 is 2.32 bits per heavy atom. The van der Waals surface area contributed by atoms with Crippen molar-refractivity contribution in [2.45, 2.75) is 19.9 Å². The number of nitrogens with zero attached hydrogens (tertiary/aromatic N) is 1. The van der Waals surface area contributed by atoms with Crippen LogP contribution in [-0.4, -0.2) is 35.1 Å². The van der Waals surface area contributed by atoms with E-state index in [9.17, 15) is 24.2 Å². The van der Waals surface area contributed by atoms with Gasteiger partial charge in [-0.3, -0.25) is 14.5 Å². The van der Waals surface area contributed by atoms with E-state index in [4.69, 9.17) is 32.7 Å². The lowest BCUT2D eigenvalue weighted by molar-refractivity contribution is -0.132. The minimum atomic E-state index is -1.16. The Balaban J connectivity index is 1.97. The number of Topliss-reactive ketones (excluding diaryl/α,β-unsaturated/α-hetero) is 1. The highest BCUT2D eigenvalue weighted by molar-refractivity contribution is 6.52. The molecule has 1 fully saturated rings. The molecular formula is C27H22Cl2FNO6. The van der Waals surface area contributed by atoms with Crippen LogP contribution in [0.5, 0.6) is 17.2 Å². The fourth-order valence-electron chi connectivity index (χ4n) is 4.09. The molecule has 3 aromatic carbocycles. The maximum Gasteiger partial charge on any atom is 0.300 e. The molecule has 3 aromatic rings. The minimum Gasteiger partial charge on any atom is -0.507 e. The van der Waals surface area contributed by atoms with Gasteiger partial charge in [-0.25, -0.2) is 4.39 Å². The van der Waals surface area contributed by atoms with Crippen LogP contribution in [0, 0.1) is 5.82 Å². The van der Waals surface area contributed by atoms with E-state index in [1.165, 1.54) is 48.5 Å². The highest BCUT2D eigenvalue weighted by Gasteiger charge is 2.47. The number of ketones is 1. The number of carbonyl (C=O) groups excluding carboxylic acids is 2. The molecule has 1 aliphatic heterocycles. The number of aliphatic hydroxyl groups is 1. The SMILES string of the molecule is CCOc1cc(C2/C(=C(\O)c3ccc(Cl)c(OCC)c3)C(=O)C(=O)N2c2ccc(F)c(Cl)c2)ccc1O. The third-order valence-corrected chi connectivity index (χ3v) is 6.33. The summed E-state index contributed by atoms with van der Waals surface area (Å²) in [5.41, 5.74) is 0.441. The zero-order valence-corrected chi connectivity index (χ0v) is 21.3. The van der Waals surface area contributed by atoms with Crippen molar-refractivity contribution in [2.24, 2.45) is 0 Å². The minimum absolute atomic E-state index is 0.118. The van der Waals surface area contributed by atoms with E-state index < -0.39 is 29.3 Å². The second-order valence-electron chi connectivity index (χ2n) is 8.01. The molecule has 0 aromatic heterocycles. The molecule has 1 heterocycles. The van der Waals surface area contributed by atoms with E-state index in [0.29, 0.717) is 17.2 Å². The fourth-order valence-corrected chi connectivity index (χ4v) is 4.44. The van der Waals surface area contributed by atoms with Crippen LogP contribution in [0.4, 0.5) is 10.1 Å². The summed E-state index contributed by atoms with van der Waals surface area (Å²) < 4.78 is 24.9. The third-order valence-electron chi connectivity index (χ3n) is 5.73. The Morgan fingerprint density at radius 1 is 0.946 bits per heavy atom. The van der Waals surface area contributed by atoms with Gasteiger partial charge in [0.25, 0.3) is 11.7 Å². The highest BCUT2D eigenvalue weighted by Crippen LogP contribution is 2.45. The third kappa shape index (κ3) is 4.95. The first kappa shape index (κ1) is 26.3. The van der Waals surface area contributed by atoms with Gasteiger partial charge in [0.15, 0.2) is 11.5 Å². The van der Waals surface area contributed by atoms with Crippen molar-refractivity contribution in [1.29, 1.82) is 0 Å². The van der Waals surface area contributed by atoms with Gasteiger partial charge in [-0.05, 0) is 67.9 Å². The average Bonchev–Trinajstić information content (AvgIpc) is 3.13. The zero-order chi connectivity index (χ0) is 26.9. The van der Waals surface area contributed by atoms with E-state index in [2.05, 4.69) is 0 Å². The largest absolute Gasteiger partial charge is 0.507 e. The van der Waals surface area contributed by atoms with Gasteiger partial charge >= 0.3 is 0 Å². The van der Waals surface area contributed by atoms with Crippen LogP contribution in [0.15, 0.2) is 60.2 Å². The Hall–Kier alpha value is -3.75. The Kier molecular flexibility index (Phi) is 7.61. The maximum atomic E-state index is 13.9. The average molecular weight is 546 g/mol. The molecule has 1 saturated heterocycles. The number of ether oxygens (including phenoxy) is 2. The lowest BCUT2D eigenvalue weighted by Crippen LogP contribution is -2.29. The summed E-state index contributed by atoms with van der Waals surface area (Å²) in [4.78, 5) is 27.8. The monoisotopic (exact) mass is 545 g/mol. The van der Waals surface area contributed by atoms with Crippen LogP contribution in [0.25, 0.3) is 5.76 Å². The standard InChI is InChI=1S/C27H22Cl2FNO6/c1-3-36-21-12-15(5-8-17(21)28)25(33)23-24(14-6-10-20(32)22(11-14)37-4-2)31(27(35)26(23)34)16-7-9-19(30)18(29)13-16/h5-13,24,32-33H,3-4H2,1-2H3/b25-23+. The van der Waals surface area contributed by atoms with Crippen LogP contribution in [0.3, 0.4) is 0 Å². The Morgan fingerprint density at radius 2 is 1.65 bits per heavy atom. The molecule has 4 rings (SSSR count). The summed E-state index contributed by atoms with van der Waals surface area (Å²) in [5, 5.41) is 21.6. The molecule has 0 spiro atoms. The predicted molar refractivity (Wildman–Crippen MR) is 138 cm³/mol. The number of phenolic OH excluding ortho intramolecular Hbond substituents is 1. The summed E-state index contributed by atoms with van der Waals surface area (Å²) in [5.74, 6) is -2.85. The number of hydrogen-bond acceptors (Lipinski definition) is 6. The Bertz CT molecular complexity index is 1420. The molecule has 37 heavy (non-hydrogen) atoms. The number of phenols is 1. The van der Waals surface area contributed by atoms with Crippen molar-refractivity contribution in [3.63, 3.8) is 0 Å². The van der Waals surface area contributed by atoms with Crippen molar-refractivity contribution in [3.8, 4) is 17.2 Å². The normalized spacial score (nSPS) is 16.8. The smallest absolute Gasteiger partial charge is 0.300 e. The number of halogens is 3. The topological polar surface area (TPSA) is 96.3 Å². The number of anilines is 1. The molecule has 7 nitrogen and oxygen atoms in total. The van der Waals surface area contributed by atoms with Crippen LogP contribution in [0.2, 0.25) is 10.0 Å². The van der Waals surface area contributed by atoms with Gasteiger partial charge in [0.2, 0.25) is 0 Å². The van der Waals surface area contributed by atoms with Gasteiger partial charge in [0.05, 0.1) is 34.9 Å². The van der Waals surface area contributed by atoms with Gasteiger partial charge in [-0.1, -0.05) is 29.3 Å². The number of amides is 1. The molecule has 10 heteroatoms. The summed E-state index contributed by atoms with van der Waals surface area (Å²) in [7, 11) is 0. The highest BCUT2D eigenvalue weighted by atomic mass is 35.5. The van der Waals surface area contributed by atoms with Crippen LogP contribution in [0.1, 0.15) is 31.0 Å². The van der Waals surface area contributed by atoms with Crippen LogP contribution >= 0.6 is 23.2 Å². The zero-order valence-electron chi connectivity index (χ0n) is 19.8. The molecule has 1 amide bonds. The van der Waals surface area contributed by atoms with Gasteiger partial charge in [-0.2, -0.15) is 0 Å². The van der Waals surface area contributed by atoms with Gasteiger partial charge in [0, 0.05) is 11.3 Å². The van der Waals surface area contributed by atoms with E-state index in [-0.39, 0.29) is 45.7 Å². The first-order valence-corrected chi connectivity index (χ1v) is 12.1. The number of hydrogen-bond donors (Lipinski definition) is 2. The molecule has 1 unspecified atom stereocenters. The van der Waals surface area contributed by atoms with E-state index >= 15 is 0 Å². The first-order chi connectivity index (χ1) is 17.7. The quantitative estimate of drug-likeness (QED) is 0.206. The number of aliphatic hydroxyl groups excluding tert-OH is 1. The van der Waals surface area contributed by atoms with E-state index in [0.717, 1.165) is 11.0 Å². The molecule has 2 N–H and O–H groups in total. The van der Waals surface area contributed by atoms with Crippen molar-refractivity contribution < 1.29 is 33.7 Å². The molecule has 0 aliphatic carbocycles. The summed E-state index contributed by atoms with van der Waals surface area (Å²) in [6, 6.07) is 11.2. The molecule has 0 saturated carbocycles. The van der Waals surface area contributed by atoms with Gasteiger partial charge in [-0.15, -0.1) is 0 Å². The maximum absolute atomic E-state index is 13.9. The number of benzene rings is 3. The number of aromatic hydroxyl groups is 1. The van der Waals surface area contributed by atoms with Crippen LogP contribution < -0.4 is 14.4 Å². The summed E-state index contributed by atoms with van der Waals surface area (Å²) in [6.45, 7) is 4.06. The van der Waals surface area contributed by atoms with Crippen molar-refractivity contribution in [2.75, 3.05) is 18.1 Å². The van der Waals surface area contributed by atoms with E-state index in [1.807, 2.05) is 0 Å². The second-order valence-corrected chi connectivity index (χ2v) is 8.82. The lowest BCUT2D eigenvalue weighted by atomic mass is 9.94. The number of carbonyl (C=O) groups is 2. The molecule has 0 bridgehead atoms. The molecular weight excluding hydrogens is 524 g/mol. The molecule has 1 atom stereocenters. The fraction of sp³-hybridized carbons (Fsp3) is 0.185. The first-order valence-electron chi connectivity index (χ1n) is 11.3. The second kappa shape index (κ2) is 10.7. The van der Waals surface area contributed by atoms with Gasteiger partial charge in [0.1, 0.15) is 17.3 Å². The van der Waals surface area contributed by atoms with Gasteiger partial charge < -0.3 is 19.7 Å². The summed E-state index contributed by atoms with van der Waals surface area (Å²) >= 11 is 12.2. The molecule has 192 valence electrons. The lowest BCUT2D eigenvalue weighted by Gasteiger charge is -2.26. The molecule has 0 radical (unpaired) electrons. The predicted octanol–water partition coefficient (Wildman–Crippen LogP) is 6.26.